The molecule has 2 atom stereocenters. The molecule has 0 bridgehead atoms. The van der Waals surface area contributed by atoms with E-state index in [0.29, 0.717) is 16.6 Å². The van der Waals surface area contributed by atoms with Crippen molar-refractivity contribution in [1.82, 2.24) is 0 Å². The summed E-state index contributed by atoms with van der Waals surface area (Å²) in [6.45, 7) is 0. The number of nitrogens with zero attached hydrogens (tertiary/aromatic N) is 4. The van der Waals surface area contributed by atoms with E-state index in [1.165, 1.54) is 11.8 Å². The van der Waals surface area contributed by atoms with Crippen LogP contribution in [0.4, 0.5) is 5.69 Å². The van der Waals surface area contributed by atoms with Crippen molar-refractivity contribution < 1.29 is 4.42 Å². The van der Waals surface area contributed by atoms with E-state index in [0.717, 1.165) is 10.6 Å². The predicted molar refractivity (Wildman–Crippen MR) is 116 cm³/mol. The van der Waals surface area contributed by atoms with Crippen molar-refractivity contribution in [3.8, 4) is 12.1 Å². The quantitative estimate of drug-likeness (QED) is 0.614. The minimum absolute atomic E-state index is 0.251. The van der Waals surface area contributed by atoms with Crippen LogP contribution in [0.3, 0.4) is 0 Å². The minimum atomic E-state index is -0.732. The van der Waals surface area contributed by atoms with Gasteiger partial charge in [-0.3, -0.25) is 0 Å². The Kier molecular flexibility index (Phi) is 5.67. The van der Waals surface area contributed by atoms with E-state index in [9.17, 15) is 10.5 Å². The highest BCUT2D eigenvalue weighted by molar-refractivity contribution is 7.99. The summed E-state index contributed by atoms with van der Waals surface area (Å²) in [6, 6.07) is 27.2. The molecular formula is C23H17N5OS. The Hall–Kier alpha value is -3.78. The van der Waals surface area contributed by atoms with Crippen LogP contribution in [-0.4, -0.2) is 11.9 Å². The summed E-state index contributed by atoms with van der Waals surface area (Å²) in [7, 11) is 0. The Balaban J connectivity index is 1.62. The lowest BCUT2D eigenvalue weighted by Crippen LogP contribution is -2.40. The van der Waals surface area contributed by atoms with Crippen LogP contribution in [0.1, 0.15) is 5.76 Å². The van der Waals surface area contributed by atoms with Crippen molar-refractivity contribution in [2.24, 2.45) is 16.8 Å². The van der Waals surface area contributed by atoms with Crippen molar-refractivity contribution in [2.75, 3.05) is 5.01 Å². The fraction of sp³-hybridized carbons (Fsp3) is 0.0870. The standard InChI is InChI=1S/C23H17N5OS/c24-14-16(13-18-11-12-21(29-18)30-19-9-5-2-6-10-19)22-20(15-25)23(26)28(27-22)17-7-3-1-4-8-17/h1-13,20,23H,26H2/b16-13-/t20-,23+/m1/s1. The number of nitrogens with two attached hydrogens (primary N) is 1. The molecule has 0 saturated heterocycles. The van der Waals surface area contributed by atoms with Crippen molar-refractivity contribution in [2.45, 2.75) is 16.2 Å². The molecule has 0 spiro atoms. The second-order valence-electron chi connectivity index (χ2n) is 6.50. The summed E-state index contributed by atoms with van der Waals surface area (Å²) in [5.41, 5.74) is 7.61. The van der Waals surface area contributed by atoms with Gasteiger partial charge in [0.25, 0.3) is 0 Å². The topological polar surface area (TPSA) is 102 Å². The van der Waals surface area contributed by atoms with Crippen LogP contribution in [0, 0.1) is 28.6 Å². The molecule has 0 fully saturated rings. The van der Waals surface area contributed by atoms with Crippen LogP contribution in [-0.2, 0) is 0 Å². The summed E-state index contributed by atoms with van der Waals surface area (Å²) in [4.78, 5) is 1.05. The molecule has 2 N–H and O–H groups in total. The Morgan fingerprint density at radius 3 is 2.40 bits per heavy atom. The summed E-state index contributed by atoms with van der Waals surface area (Å²) in [5.74, 6) is -0.222. The molecule has 0 amide bonds. The lowest BCUT2D eigenvalue weighted by molar-refractivity contribution is 0.466. The maximum atomic E-state index is 9.73. The first-order chi connectivity index (χ1) is 14.7. The Morgan fingerprint density at radius 2 is 1.73 bits per heavy atom. The van der Waals surface area contributed by atoms with Gasteiger partial charge >= 0.3 is 0 Å². The number of anilines is 1. The molecule has 0 unspecified atom stereocenters. The van der Waals surface area contributed by atoms with E-state index in [2.05, 4.69) is 17.2 Å². The third kappa shape index (κ3) is 3.99. The molecule has 0 radical (unpaired) electrons. The fourth-order valence-corrected chi connectivity index (χ4v) is 3.89. The highest BCUT2D eigenvalue weighted by atomic mass is 32.2. The Bertz CT molecular complexity index is 1170. The van der Waals surface area contributed by atoms with Crippen LogP contribution in [0.5, 0.6) is 0 Å². The molecular weight excluding hydrogens is 394 g/mol. The van der Waals surface area contributed by atoms with E-state index >= 15 is 0 Å². The van der Waals surface area contributed by atoms with Crippen LogP contribution < -0.4 is 10.7 Å². The molecule has 1 aliphatic rings. The summed E-state index contributed by atoms with van der Waals surface area (Å²) in [5, 5.41) is 26.2. The second-order valence-corrected chi connectivity index (χ2v) is 7.58. The Labute approximate surface area is 178 Å². The molecule has 146 valence electrons. The maximum absolute atomic E-state index is 9.73. The summed E-state index contributed by atoms with van der Waals surface area (Å²) in [6.07, 6.45) is 0.921. The van der Waals surface area contributed by atoms with E-state index in [1.807, 2.05) is 66.7 Å². The van der Waals surface area contributed by atoms with Crippen LogP contribution in [0.25, 0.3) is 6.08 Å². The highest BCUT2D eigenvalue weighted by Crippen LogP contribution is 2.31. The molecule has 4 rings (SSSR count). The maximum Gasteiger partial charge on any atom is 0.165 e. The van der Waals surface area contributed by atoms with Gasteiger partial charge in [-0.1, -0.05) is 48.2 Å². The first-order valence-electron chi connectivity index (χ1n) is 9.22. The average molecular weight is 411 g/mol. The number of benzene rings is 2. The van der Waals surface area contributed by atoms with Gasteiger partial charge in [0.1, 0.15) is 23.9 Å². The summed E-state index contributed by atoms with van der Waals surface area (Å²) >= 11 is 1.49. The van der Waals surface area contributed by atoms with Gasteiger partial charge in [-0.25, -0.2) is 5.01 Å². The van der Waals surface area contributed by atoms with Crippen molar-refractivity contribution in [1.29, 1.82) is 10.5 Å². The number of hydrazone groups is 1. The van der Waals surface area contributed by atoms with Gasteiger partial charge in [-0.05, 0) is 36.4 Å². The zero-order valence-electron chi connectivity index (χ0n) is 15.8. The van der Waals surface area contributed by atoms with Crippen LogP contribution in [0.2, 0.25) is 0 Å². The number of hydrogen-bond donors (Lipinski definition) is 1. The monoisotopic (exact) mass is 411 g/mol. The van der Waals surface area contributed by atoms with Crippen molar-refractivity contribution >= 4 is 29.2 Å². The summed E-state index contributed by atoms with van der Waals surface area (Å²) < 4.78 is 5.84. The van der Waals surface area contributed by atoms with Crippen LogP contribution >= 0.6 is 11.8 Å². The van der Waals surface area contributed by atoms with E-state index in [1.54, 1.807) is 17.2 Å². The molecule has 1 aliphatic heterocycles. The number of allylic oxidation sites excluding steroid dienone is 1. The minimum Gasteiger partial charge on any atom is -0.450 e. The smallest absolute Gasteiger partial charge is 0.165 e. The van der Waals surface area contributed by atoms with Gasteiger partial charge in [0.15, 0.2) is 5.09 Å². The molecule has 7 heteroatoms. The van der Waals surface area contributed by atoms with E-state index in [-0.39, 0.29) is 5.57 Å². The number of para-hydroxylation sites is 1. The highest BCUT2D eigenvalue weighted by Gasteiger charge is 2.37. The normalized spacial score (nSPS) is 18.6. The molecule has 30 heavy (non-hydrogen) atoms. The molecule has 2 aromatic carbocycles. The third-order valence-electron chi connectivity index (χ3n) is 4.54. The van der Waals surface area contributed by atoms with Gasteiger partial charge in [0.2, 0.25) is 0 Å². The van der Waals surface area contributed by atoms with Crippen molar-refractivity contribution in [3.05, 3.63) is 84.1 Å². The van der Waals surface area contributed by atoms with Gasteiger partial charge in [-0.2, -0.15) is 15.6 Å². The van der Waals surface area contributed by atoms with Gasteiger partial charge in [0.05, 0.1) is 23.0 Å². The lowest BCUT2D eigenvalue weighted by Gasteiger charge is -2.21. The zero-order chi connectivity index (χ0) is 20.9. The lowest BCUT2D eigenvalue weighted by atomic mass is 9.96. The molecule has 0 aliphatic carbocycles. The molecule has 2 heterocycles. The number of furan rings is 1. The first kappa shape index (κ1) is 19.5. The van der Waals surface area contributed by atoms with E-state index < -0.39 is 12.1 Å². The predicted octanol–water partition coefficient (Wildman–Crippen LogP) is 4.64. The van der Waals surface area contributed by atoms with Crippen LogP contribution in [0.15, 0.2) is 97.9 Å². The van der Waals surface area contributed by atoms with Gasteiger partial charge in [-0.15, -0.1) is 0 Å². The van der Waals surface area contributed by atoms with E-state index in [4.69, 9.17) is 10.2 Å². The number of hydrogen-bond acceptors (Lipinski definition) is 7. The molecule has 6 nitrogen and oxygen atoms in total. The van der Waals surface area contributed by atoms with Crippen molar-refractivity contribution in [3.63, 3.8) is 0 Å². The molecule has 1 aromatic heterocycles. The SMILES string of the molecule is N#C/C(=C/c1ccc(Sc2ccccc2)o1)C1=NN(c2ccccc2)[C@H](N)[C@@H]1C#N. The number of rotatable bonds is 5. The van der Waals surface area contributed by atoms with Gasteiger partial charge in [0, 0.05) is 11.0 Å². The largest absolute Gasteiger partial charge is 0.450 e. The van der Waals surface area contributed by atoms with Gasteiger partial charge < -0.3 is 10.2 Å². The number of nitriles is 2. The average Bonchev–Trinajstić information content (AvgIpc) is 3.36. The first-order valence-corrected chi connectivity index (χ1v) is 10.0. The molecule has 3 aromatic rings. The third-order valence-corrected chi connectivity index (χ3v) is 5.47. The Morgan fingerprint density at radius 1 is 1.03 bits per heavy atom. The molecule has 0 saturated carbocycles. The second kappa shape index (κ2) is 8.71. The fourth-order valence-electron chi connectivity index (χ4n) is 3.09. The zero-order valence-corrected chi connectivity index (χ0v) is 16.7.